The Balaban J connectivity index is 2.37. The van der Waals surface area contributed by atoms with E-state index in [1.807, 2.05) is 0 Å². The van der Waals surface area contributed by atoms with Crippen LogP contribution in [0.25, 0.3) is 0 Å². The van der Waals surface area contributed by atoms with E-state index in [0.717, 1.165) is 31.7 Å². The molecule has 1 heterocycles. The molecule has 0 aromatic heterocycles. The quantitative estimate of drug-likeness (QED) is 0.677. The third-order valence-electron chi connectivity index (χ3n) is 3.46. The molecule has 0 bridgehead atoms. The Bertz CT molecular complexity index is 201. The highest BCUT2D eigenvalue weighted by molar-refractivity contribution is 5.02. The molecule has 0 saturated carbocycles. The number of nitrogens with zero attached hydrogens (tertiary/aromatic N) is 1. The molecule has 0 aromatic rings. The fraction of sp³-hybridized carbons (Fsp3) is 0.846. The molecule has 1 fully saturated rings. The van der Waals surface area contributed by atoms with E-state index in [9.17, 15) is 0 Å². The minimum absolute atomic E-state index is 0.744. The summed E-state index contributed by atoms with van der Waals surface area (Å²) in [6, 6.07) is 1.53. The van der Waals surface area contributed by atoms with E-state index in [0.29, 0.717) is 0 Å². The second kappa shape index (κ2) is 6.29. The largest absolute Gasteiger partial charge is 0.313 e. The number of rotatable bonds is 6. The van der Waals surface area contributed by atoms with Gasteiger partial charge in [-0.1, -0.05) is 20.4 Å². The second-order valence-electron chi connectivity index (χ2n) is 4.69. The Morgan fingerprint density at radius 2 is 2.13 bits per heavy atom. The van der Waals surface area contributed by atoms with Gasteiger partial charge in [0.15, 0.2) is 0 Å². The van der Waals surface area contributed by atoms with E-state index >= 15 is 0 Å². The van der Waals surface area contributed by atoms with E-state index in [1.54, 1.807) is 0 Å². The Labute approximate surface area is 94.7 Å². The molecule has 1 saturated heterocycles. The molecule has 0 amide bonds. The number of likely N-dealkylation sites (N-methyl/N-ethyl adjacent to an activating group) is 1. The molecule has 1 aliphatic rings. The van der Waals surface area contributed by atoms with Gasteiger partial charge in [0.25, 0.3) is 0 Å². The van der Waals surface area contributed by atoms with Gasteiger partial charge < -0.3 is 5.32 Å². The first kappa shape index (κ1) is 12.7. The summed E-state index contributed by atoms with van der Waals surface area (Å²) in [5, 5.41) is 3.34. The van der Waals surface area contributed by atoms with E-state index in [1.165, 1.54) is 24.8 Å². The molecular weight excluding hydrogens is 184 g/mol. The highest BCUT2D eigenvalue weighted by atomic mass is 15.2. The predicted molar refractivity (Wildman–Crippen MR) is 67.2 cm³/mol. The minimum atomic E-state index is 0.744. The Morgan fingerprint density at radius 1 is 1.40 bits per heavy atom. The van der Waals surface area contributed by atoms with Gasteiger partial charge in [0.05, 0.1) is 0 Å². The lowest BCUT2D eigenvalue weighted by molar-refractivity contribution is 0.215. The molecule has 0 radical (unpaired) electrons. The molecule has 2 nitrogen and oxygen atoms in total. The van der Waals surface area contributed by atoms with Crippen LogP contribution in [0.2, 0.25) is 0 Å². The lowest BCUT2D eigenvalue weighted by atomic mass is 10.1. The summed E-state index contributed by atoms with van der Waals surface area (Å²) in [5.74, 6) is 0. The van der Waals surface area contributed by atoms with Crippen molar-refractivity contribution < 1.29 is 0 Å². The summed E-state index contributed by atoms with van der Waals surface area (Å²) in [7, 11) is 0. The Morgan fingerprint density at radius 3 is 2.73 bits per heavy atom. The summed E-state index contributed by atoms with van der Waals surface area (Å²) in [6.45, 7) is 14.0. The highest BCUT2D eigenvalue weighted by Gasteiger charge is 2.28. The highest BCUT2D eigenvalue weighted by Crippen LogP contribution is 2.26. The molecule has 1 N–H and O–H groups in total. The summed E-state index contributed by atoms with van der Waals surface area (Å²) in [6.07, 6.45) is 4.00. The van der Waals surface area contributed by atoms with Crippen molar-refractivity contribution in [3.8, 4) is 0 Å². The van der Waals surface area contributed by atoms with Crippen molar-refractivity contribution in [2.24, 2.45) is 0 Å². The SMILES string of the molecule is C=C(CNCC)CN1C(C)CCC1CC. The number of hydrogen-bond donors (Lipinski definition) is 1. The van der Waals surface area contributed by atoms with Crippen LogP contribution in [-0.2, 0) is 0 Å². The van der Waals surface area contributed by atoms with Gasteiger partial charge in [-0.2, -0.15) is 0 Å². The summed E-state index contributed by atoms with van der Waals surface area (Å²) < 4.78 is 0. The van der Waals surface area contributed by atoms with Crippen LogP contribution in [0.5, 0.6) is 0 Å². The van der Waals surface area contributed by atoms with Gasteiger partial charge in [-0.3, -0.25) is 4.90 Å². The molecule has 15 heavy (non-hydrogen) atoms. The predicted octanol–water partition coefficient (Wildman–Crippen LogP) is 2.42. The van der Waals surface area contributed by atoms with Crippen LogP contribution in [0.1, 0.15) is 40.0 Å². The van der Waals surface area contributed by atoms with E-state index < -0.39 is 0 Å². The molecule has 0 aromatic carbocycles. The van der Waals surface area contributed by atoms with Crippen LogP contribution >= 0.6 is 0 Å². The fourth-order valence-corrected chi connectivity index (χ4v) is 2.46. The lowest BCUT2D eigenvalue weighted by Gasteiger charge is -2.28. The molecule has 88 valence electrons. The number of likely N-dealkylation sites (tertiary alicyclic amines) is 1. The van der Waals surface area contributed by atoms with Crippen LogP contribution in [0.15, 0.2) is 12.2 Å². The summed E-state index contributed by atoms with van der Waals surface area (Å²) in [5.41, 5.74) is 1.32. The third kappa shape index (κ3) is 3.62. The summed E-state index contributed by atoms with van der Waals surface area (Å²) >= 11 is 0. The molecule has 0 spiro atoms. The van der Waals surface area contributed by atoms with Gasteiger partial charge in [0.2, 0.25) is 0 Å². The maximum atomic E-state index is 4.15. The second-order valence-corrected chi connectivity index (χ2v) is 4.69. The standard InChI is InChI=1S/C13H26N2/c1-5-13-8-7-12(4)15(13)10-11(3)9-14-6-2/h12-14H,3,5-10H2,1-2,4H3. The normalized spacial score (nSPS) is 27.1. The van der Waals surface area contributed by atoms with Crippen LogP contribution < -0.4 is 5.32 Å². The smallest absolute Gasteiger partial charge is 0.0208 e. The van der Waals surface area contributed by atoms with Crippen molar-refractivity contribution in [1.82, 2.24) is 10.2 Å². The van der Waals surface area contributed by atoms with Gasteiger partial charge in [0, 0.05) is 25.2 Å². The average Bonchev–Trinajstić information content (AvgIpc) is 2.57. The Hall–Kier alpha value is -0.340. The maximum absolute atomic E-state index is 4.15. The van der Waals surface area contributed by atoms with Gasteiger partial charge in [-0.25, -0.2) is 0 Å². The topological polar surface area (TPSA) is 15.3 Å². The first-order valence-electron chi connectivity index (χ1n) is 6.32. The van der Waals surface area contributed by atoms with E-state index in [4.69, 9.17) is 0 Å². The molecule has 0 aliphatic carbocycles. The summed E-state index contributed by atoms with van der Waals surface area (Å²) in [4.78, 5) is 2.62. The lowest BCUT2D eigenvalue weighted by Crippen LogP contribution is -2.37. The van der Waals surface area contributed by atoms with Crippen LogP contribution in [0.3, 0.4) is 0 Å². The number of nitrogens with one attached hydrogen (secondary N) is 1. The van der Waals surface area contributed by atoms with E-state index in [-0.39, 0.29) is 0 Å². The molecule has 2 unspecified atom stereocenters. The maximum Gasteiger partial charge on any atom is 0.0208 e. The van der Waals surface area contributed by atoms with Gasteiger partial charge in [-0.05, 0) is 38.3 Å². The van der Waals surface area contributed by atoms with E-state index in [2.05, 4.69) is 37.6 Å². The molecule has 1 aliphatic heterocycles. The molecule has 1 rings (SSSR count). The number of hydrogen-bond acceptors (Lipinski definition) is 2. The zero-order valence-electron chi connectivity index (χ0n) is 10.6. The fourth-order valence-electron chi connectivity index (χ4n) is 2.46. The Kier molecular flexibility index (Phi) is 5.34. The molecular formula is C13H26N2. The van der Waals surface area contributed by atoms with Gasteiger partial charge >= 0.3 is 0 Å². The van der Waals surface area contributed by atoms with Gasteiger partial charge in [0.1, 0.15) is 0 Å². The first-order valence-corrected chi connectivity index (χ1v) is 6.32. The van der Waals surface area contributed by atoms with Crippen molar-refractivity contribution in [3.63, 3.8) is 0 Å². The van der Waals surface area contributed by atoms with Crippen molar-refractivity contribution in [3.05, 3.63) is 12.2 Å². The zero-order valence-corrected chi connectivity index (χ0v) is 10.6. The zero-order chi connectivity index (χ0) is 11.3. The average molecular weight is 210 g/mol. The van der Waals surface area contributed by atoms with Crippen molar-refractivity contribution in [2.75, 3.05) is 19.6 Å². The first-order chi connectivity index (χ1) is 7.19. The molecule has 2 heteroatoms. The van der Waals surface area contributed by atoms with Crippen LogP contribution in [0, 0.1) is 0 Å². The van der Waals surface area contributed by atoms with Crippen molar-refractivity contribution in [2.45, 2.75) is 52.1 Å². The third-order valence-corrected chi connectivity index (χ3v) is 3.46. The van der Waals surface area contributed by atoms with Crippen molar-refractivity contribution in [1.29, 1.82) is 0 Å². The monoisotopic (exact) mass is 210 g/mol. The van der Waals surface area contributed by atoms with Gasteiger partial charge in [-0.15, -0.1) is 0 Å². The van der Waals surface area contributed by atoms with Crippen LogP contribution in [-0.4, -0.2) is 36.6 Å². The van der Waals surface area contributed by atoms with Crippen LogP contribution in [0.4, 0.5) is 0 Å². The van der Waals surface area contributed by atoms with Crippen molar-refractivity contribution >= 4 is 0 Å². The minimum Gasteiger partial charge on any atom is -0.313 e. The molecule has 2 atom stereocenters.